The summed E-state index contributed by atoms with van der Waals surface area (Å²) in [5, 5.41) is 14.7. The molecule has 2 heterocycles. The summed E-state index contributed by atoms with van der Waals surface area (Å²) in [7, 11) is 1.76. The number of aryl methyl sites for hydroxylation is 1. The Kier molecular flexibility index (Phi) is 5.65. The Hall–Kier alpha value is -2.41. The number of aliphatic hydroxyl groups is 1. The van der Waals surface area contributed by atoms with Gasteiger partial charge >= 0.3 is 0 Å². The van der Waals surface area contributed by atoms with Gasteiger partial charge in [-0.1, -0.05) is 0 Å². The van der Waals surface area contributed by atoms with Crippen LogP contribution in [0.25, 0.3) is 0 Å². The van der Waals surface area contributed by atoms with E-state index in [2.05, 4.69) is 10.1 Å². The second-order valence-corrected chi connectivity index (χ2v) is 6.36. The zero-order chi connectivity index (χ0) is 17.6. The molecule has 3 atom stereocenters. The van der Waals surface area contributed by atoms with Crippen molar-refractivity contribution in [2.75, 3.05) is 7.05 Å². The molecule has 0 aliphatic heterocycles. The lowest BCUT2D eigenvalue weighted by Gasteiger charge is -2.29. The van der Waals surface area contributed by atoms with E-state index in [-0.39, 0.29) is 18.1 Å². The number of aromatic nitrogens is 3. The third kappa shape index (κ3) is 4.36. The maximum Gasteiger partial charge on any atom is 0.222 e. The third-order valence-electron chi connectivity index (χ3n) is 4.67. The lowest BCUT2D eigenvalue weighted by Crippen LogP contribution is -2.45. The number of aliphatic hydroxyl groups excluding tert-OH is 1. The van der Waals surface area contributed by atoms with Gasteiger partial charge in [0.2, 0.25) is 5.91 Å². The summed E-state index contributed by atoms with van der Waals surface area (Å²) in [5.41, 5.74) is 0. The quantitative estimate of drug-likeness (QED) is 0.823. The van der Waals surface area contributed by atoms with Gasteiger partial charge in [0.05, 0.1) is 12.2 Å². The Morgan fingerprint density at radius 1 is 1.40 bits per heavy atom. The topological polar surface area (TPSA) is 80.5 Å². The molecule has 1 aliphatic carbocycles. The van der Waals surface area contributed by atoms with E-state index in [9.17, 15) is 9.90 Å². The van der Waals surface area contributed by atoms with Gasteiger partial charge in [0.25, 0.3) is 0 Å². The van der Waals surface area contributed by atoms with Crippen LogP contribution in [0.5, 0.6) is 5.75 Å². The van der Waals surface area contributed by atoms with Crippen molar-refractivity contribution in [1.29, 1.82) is 0 Å². The predicted octanol–water partition coefficient (Wildman–Crippen LogP) is 1.49. The number of hydrogen-bond acceptors (Lipinski definition) is 5. The molecule has 0 bridgehead atoms. The highest BCUT2D eigenvalue weighted by molar-refractivity contribution is 5.76. The zero-order valence-corrected chi connectivity index (χ0v) is 14.4. The Bertz CT molecular complexity index is 662. The molecule has 0 unspecified atom stereocenters. The van der Waals surface area contributed by atoms with Crippen molar-refractivity contribution >= 4 is 5.91 Å². The molecule has 1 fully saturated rings. The molecule has 1 aliphatic rings. The second kappa shape index (κ2) is 8.11. The number of ether oxygens (including phenoxy) is 1. The number of amides is 1. The minimum atomic E-state index is -0.694. The van der Waals surface area contributed by atoms with Gasteiger partial charge in [-0.15, -0.1) is 0 Å². The van der Waals surface area contributed by atoms with E-state index in [0.29, 0.717) is 25.1 Å². The largest absolute Gasteiger partial charge is 0.486 e. The molecule has 0 radical (unpaired) electrons. The highest BCUT2D eigenvalue weighted by atomic mass is 16.5. The van der Waals surface area contributed by atoms with Gasteiger partial charge in [-0.2, -0.15) is 5.10 Å². The molecule has 1 saturated carbocycles. The smallest absolute Gasteiger partial charge is 0.222 e. The summed E-state index contributed by atoms with van der Waals surface area (Å²) in [6.07, 6.45) is 8.52. The third-order valence-corrected chi connectivity index (χ3v) is 4.67. The van der Waals surface area contributed by atoms with Crippen molar-refractivity contribution in [3.63, 3.8) is 0 Å². The van der Waals surface area contributed by atoms with Crippen LogP contribution in [0.1, 0.15) is 25.7 Å². The van der Waals surface area contributed by atoms with E-state index < -0.39 is 6.10 Å². The first-order valence-corrected chi connectivity index (χ1v) is 8.63. The summed E-state index contributed by atoms with van der Waals surface area (Å²) in [6.45, 7) is 0.715. The first-order valence-electron chi connectivity index (χ1n) is 8.63. The lowest BCUT2D eigenvalue weighted by atomic mass is 10.1. The maximum absolute atomic E-state index is 12.4. The molecule has 0 aromatic carbocycles. The standard InChI is InChI=1S/C18H24N4O3/c1-21(17(23)6-3-11-22-12-4-10-20-22)15-7-8-16(18(15)24)25-14-5-2-9-19-13-14/h2,4-5,9-10,12-13,15-16,18,24H,3,6-8,11H2,1H3/t15-,16-,18-/m1/s1. The molecular formula is C18H24N4O3. The van der Waals surface area contributed by atoms with Crippen molar-refractivity contribution in [2.45, 2.75) is 50.5 Å². The predicted molar refractivity (Wildman–Crippen MR) is 91.9 cm³/mol. The Morgan fingerprint density at radius 3 is 3.00 bits per heavy atom. The number of likely N-dealkylation sites (N-methyl/N-ethyl adjacent to an activating group) is 1. The first kappa shape index (κ1) is 17.4. The van der Waals surface area contributed by atoms with Crippen LogP contribution in [-0.2, 0) is 11.3 Å². The van der Waals surface area contributed by atoms with E-state index in [4.69, 9.17) is 4.74 Å². The van der Waals surface area contributed by atoms with Crippen LogP contribution in [0.4, 0.5) is 0 Å². The van der Waals surface area contributed by atoms with E-state index in [0.717, 1.165) is 12.8 Å². The van der Waals surface area contributed by atoms with Crippen molar-refractivity contribution in [3.8, 4) is 5.75 Å². The molecule has 134 valence electrons. The van der Waals surface area contributed by atoms with Gasteiger partial charge in [-0.25, -0.2) is 0 Å². The molecule has 1 N–H and O–H groups in total. The number of nitrogens with zero attached hydrogens (tertiary/aromatic N) is 4. The van der Waals surface area contributed by atoms with Crippen molar-refractivity contribution in [3.05, 3.63) is 43.0 Å². The monoisotopic (exact) mass is 344 g/mol. The van der Waals surface area contributed by atoms with E-state index in [1.54, 1.807) is 36.6 Å². The van der Waals surface area contributed by atoms with Crippen molar-refractivity contribution < 1.29 is 14.6 Å². The number of rotatable bonds is 7. The van der Waals surface area contributed by atoms with Crippen LogP contribution in [0.3, 0.4) is 0 Å². The highest BCUT2D eigenvalue weighted by Crippen LogP contribution is 2.28. The second-order valence-electron chi connectivity index (χ2n) is 6.36. The van der Waals surface area contributed by atoms with Crippen molar-refractivity contribution in [2.24, 2.45) is 0 Å². The van der Waals surface area contributed by atoms with Crippen LogP contribution in [0.15, 0.2) is 43.0 Å². The Labute approximate surface area is 147 Å². The van der Waals surface area contributed by atoms with Gasteiger partial charge in [0.15, 0.2) is 0 Å². The highest BCUT2D eigenvalue weighted by Gasteiger charge is 2.40. The van der Waals surface area contributed by atoms with Crippen LogP contribution < -0.4 is 4.74 Å². The van der Waals surface area contributed by atoms with Crippen LogP contribution in [0.2, 0.25) is 0 Å². The average Bonchev–Trinajstić information content (AvgIpc) is 3.26. The Morgan fingerprint density at radius 2 is 2.28 bits per heavy atom. The molecule has 2 aromatic rings. The molecule has 2 aromatic heterocycles. The van der Waals surface area contributed by atoms with Gasteiger partial charge in [-0.3, -0.25) is 14.5 Å². The molecule has 7 nitrogen and oxygen atoms in total. The summed E-state index contributed by atoms with van der Waals surface area (Å²) >= 11 is 0. The summed E-state index contributed by atoms with van der Waals surface area (Å²) in [4.78, 5) is 18.1. The molecular weight excluding hydrogens is 320 g/mol. The summed E-state index contributed by atoms with van der Waals surface area (Å²) in [5.74, 6) is 0.679. The molecule has 25 heavy (non-hydrogen) atoms. The fourth-order valence-electron chi connectivity index (χ4n) is 3.25. The van der Waals surface area contributed by atoms with Crippen LogP contribution >= 0.6 is 0 Å². The van der Waals surface area contributed by atoms with Crippen molar-refractivity contribution in [1.82, 2.24) is 19.7 Å². The lowest BCUT2D eigenvalue weighted by molar-refractivity contribution is -0.134. The SMILES string of the molecule is CN(C(=O)CCCn1cccn1)[C@@H]1CC[C@@H](Oc2cccnc2)[C@@H]1O. The van der Waals surface area contributed by atoms with Gasteiger partial charge in [0, 0.05) is 38.6 Å². The molecule has 7 heteroatoms. The summed E-state index contributed by atoms with van der Waals surface area (Å²) < 4.78 is 7.63. The van der Waals surface area contributed by atoms with E-state index in [1.165, 1.54) is 0 Å². The van der Waals surface area contributed by atoms with Gasteiger partial charge < -0.3 is 14.7 Å². The average molecular weight is 344 g/mol. The zero-order valence-electron chi connectivity index (χ0n) is 14.4. The fourth-order valence-corrected chi connectivity index (χ4v) is 3.25. The molecule has 0 spiro atoms. The summed E-state index contributed by atoms with van der Waals surface area (Å²) in [6, 6.07) is 5.27. The minimum Gasteiger partial charge on any atom is -0.486 e. The molecule has 1 amide bonds. The maximum atomic E-state index is 12.4. The van der Waals surface area contributed by atoms with Crippen LogP contribution in [0, 0.1) is 0 Å². The van der Waals surface area contributed by atoms with Gasteiger partial charge in [0.1, 0.15) is 18.0 Å². The van der Waals surface area contributed by atoms with Gasteiger partial charge in [-0.05, 0) is 37.5 Å². The number of hydrogen-bond donors (Lipinski definition) is 1. The van der Waals surface area contributed by atoms with E-state index in [1.807, 2.05) is 23.0 Å². The number of pyridine rings is 1. The van der Waals surface area contributed by atoms with Crippen LogP contribution in [-0.4, -0.2) is 56.0 Å². The first-order chi connectivity index (χ1) is 12.1. The fraction of sp³-hybridized carbons (Fsp3) is 0.500. The molecule has 0 saturated heterocycles. The van der Waals surface area contributed by atoms with E-state index >= 15 is 0 Å². The number of carbonyl (C=O) groups excluding carboxylic acids is 1. The Balaban J connectivity index is 1.48. The minimum absolute atomic E-state index is 0.0400. The molecule has 3 rings (SSSR count). The number of carbonyl (C=O) groups is 1. The normalized spacial score (nSPS) is 22.7.